The van der Waals surface area contributed by atoms with Crippen LogP contribution in [0.5, 0.6) is 5.75 Å². The van der Waals surface area contributed by atoms with Crippen molar-refractivity contribution in [3.8, 4) is 5.75 Å². The smallest absolute Gasteiger partial charge is 0.320 e. The number of carboxylic acid groups (broad SMARTS) is 1. The van der Waals surface area contributed by atoms with E-state index >= 15 is 0 Å². The van der Waals surface area contributed by atoms with E-state index in [4.69, 9.17) is 10.8 Å². The fourth-order valence-corrected chi connectivity index (χ4v) is 1.16. The Balaban J connectivity index is 0.00000256. The maximum atomic E-state index is 10.5. The second kappa shape index (κ2) is 6.02. The van der Waals surface area contributed by atoms with Gasteiger partial charge in [0.15, 0.2) is 0 Å². The summed E-state index contributed by atoms with van der Waals surface area (Å²) in [5.41, 5.74) is 5.28. The molecule has 0 radical (unpaired) electrons. The molecule has 0 bridgehead atoms. The number of non-ortho nitro benzene ring substituents is 1. The van der Waals surface area contributed by atoms with Gasteiger partial charge in [-0.15, -0.1) is 12.4 Å². The highest BCUT2D eigenvalue weighted by Gasteiger charge is 2.16. The lowest BCUT2D eigenvalue weighted by Crippen LogP contribution is -2.32. The molecule has 7 nitrogen and oxygen atoms in total. The lowest BCUT2D eigenvalue weighted by Gasteiger charge is -2.07. The average molecular weight is 263 g/mol. The van der Waals surface area contributed by atoms with Crippen LogP contribution in [0.3, 0.4) is 0 Å². The van der Waals surface area contributed by atoms with Crippen LogP contribution >= 0.6 is 12.4 Å². The molecule has 0 aliphatic rings. The first kappa shape index (κ1) is 15.1. The number of nitro groups is 1. The zero-order valence-electron chi connectivity index (χ0n) is 8.57. The Morgan fingerprint density at radius 3 is 2.53 bits per heavy atom. The van der Waals surface area contributed by atoms with Crippen molar-refractivity contribution in [1.29, 1.82) is 0 Å². The molecule has 0 spiro atoms. The predicted octanol–water partition coefficient (Wildman–Crippen LogP) is 0.677. The Labute approximate surface area is 102 Å². The van der Waals surface area contributed by atoms with Gasteiger partial charge in [-0.1, -0.05) is 0 Å². The van der Waals surface area contributed by atoms with E-state index in [1.165, 1.54) is 12.1 Å². The van der Waals surface area contributed by atoms with Crippen LogP contribution < -0.4 is 5.73 Å². The van der Waals surface area contributed by atoms with E-state index in [2.05, 4.69) is 0 Å². The first-order valence-corrected chi connectivity index (χ1v) is 4.36. The maximum Gasteiger partial charge on any atom is 0.320 e. The van der Waals surface area contributed by atoms with Crippen LogP contribution in [0, 0.1) is 10.1 Å². The van der Waals surface area contributed by atoms with E-state index in [-0.39, 0.29) is 35.8 Å². The zero-order valence-corrected chi connectivity index (χ0v) is 9.38. The summed E-state index contributed by atoms with van der Waals surface area (Å²) in [6.45, 7) is 0. The van der Waals surface area contributed by atoms with Gasteiger partial charge in [-0.25, -0.2) is 0 Å². The van der Waals surface area contributed by atoms with Crippen molar-refractivity contribution in [3.05, 3.63) is 33.9 Å². The number of rotatable bonds is 4. The van der Waals surface area contributed by atoms with E-state index in [0.29, 0.717) is 0 Å². The second-order valence-electron chi connectivity index (χ2n) is 3.22. The monoisotopic (exact) mass is 262 g/mol. The van der Waals surface area contributed by atoms with E-state index in [0.717, 1.165) is 6.07 Å². The molecule has 1 unspecified atom stereocenters. The average Bonchev–Trinajstić information content (AvgIpc) is 2.20. The highest BCUT2D eigenvalue weighted by atomic mass is 35.5. The molecule has 4 N–H and O–H groups in total. The molecule has 0 fully saturated rings. The molecule has 1 atom stereocenters. The summed E-state index contributed by atoms with van der Waals surface area (Å²) in [7, 11) is 0. The van der Waals surface area contributed by atoms with Crippen LogP contribution in [0.4, 0.5) is 5.69 Å². The number of aromatic hydroxyl groups is 1. The van der Waals surface area contributed by atoms with E-state index in [1.807, 2.05) is 0 Å². The van der Waals surface area contributed by atoms with E-state index < -0.39 is 16.9 Å². The van der Waals surface area contributed by atoms with Crippen molar-refractivity contribution >= 4 is 24.1 Å². The van der Waals surface area contributed by atoms with Gasteiger partial charge in [0, 0.05) is 12.5 Å². The summed E-state index contributed by atoms with van der Waals surface area (Å²) in [5, 5.41) is 28.4. The first-order valence-electron chi connectivity index (χ1n) is 4.36. The molecule has 0 heterocycles. The summed E-state index contributed by atoms with van der Waals surface area (Å²) < 4.78 is 0. The number of nitrogens with two attached hydrogens (primary N) is 1. The minimum absolute atomic E-state index is 0. The predicted molar refractivity (Wildman–Crippen MR) is 61.3 cm³/mol. The minimum Gasteiger partial charge on any atom is -0.507 e. The molecule has 94 valence electrons. The van der Waals surface area contributed by atoms with Crippen molar-refractivity contribution in [2.24, 2.45) is 5.73 Å². The van der Waals surface area contributed by atoms with Crippen LogP contribution in [-0.4, -0.2) is 27.1 Å². The van der Waals surface area contributed by atoms with Crippen LogP contribution in [-0.2, 0) is 11.2 Å². The highest BCUT2D eigenvalue weighted by molar-refractivity contribution is 5.85. The van der Waals surface area contributed by atoms with E-state index in [1.54, 1.807) is 0 Å². The number of benzene rings is 1. The number of nitro benzene ring substituents is 1. The van der Waals surface area contributed by atoms with Crippen LogP contribution in [0.1, 0.15) is 5.56 Å². The van der Waals surface area contributed by atoms with Gasteiger partial charge in [0.25, 0.3) is 5.69 Å². The third kappa shape index (κ3) is 3.89. The molecular weight excluding hydrogens is 252 g/mol. The highest BCUT2D eigenvalue weighted by Crippen LogP contribution is 2.24. The third-order valence-corrected chi connectivity index (χ3v) is 2.04. The molecule has 1 aromatic carbocycles. The second-order valence-corrected chi connectivity index (χ2v) is 3.22. The van der Waals surface area contributed by atoms with Crippen molar-refractivity contribution < 1.29 is 19.9 Å². The summed E-state index contributed by atoms with van der Waals surface area (Å²) in [4.78, 5) is 20.2. The molecule has 0 saturated carbocycles. The van der Waals surface area contributed by atoms with Crippen molar-refractivity contribution in [2.75, 3.05) is 0 Å². The van der Waals surface area contributed by atoms with Crippen LogP contribution in [0.15, 0.2) is 18.2 Å². The summed E-state index contributed by atoms with van der Waals surface area (Å²) >= 11 is 0. The molecule has 1 rings (SSSR count). The molecule has 17 heavy (non-hydrogen) atoms. The van der Waals surface area contributed by atoms with Crippen molar-refractivity contribution in [3.63, 3.8) is 0 Å². The molecule has 0 aromatic heterocycles. The van der Waals surface area contributed by atoms with Gasteiger partial charge < -0.3 is 15.9 Å². The van der Waals surface area contributed by atoms with Gasteiger partial charge in [0.1, 0.15) is 11.8 Å². The fourth-order valence-electron chi connectivity index (χ4n) is 1.16. The van der Waals surface area contributed by atoms with Crippen molar-refractivity contribution in [2.45, 2.75) is 12.5 Å². The maximum absolute atomic E-state index is 10.5. The Morgan fingerprint density at radius 1 is 1.53 bits per heavy atom. The van der Waals surface area contributed by atoms with Gasteiger partial charge in [-0.05, 0) is 11.6 Å². The fraction of sp³-hybridized carbons (Fsp3) is 0.222. The Bertz CT molecular complexity index is 437. The lowest BCUT2D eigenvalue weighted by atomic mass is 10.1. The summed E-state index contributed by atoms with van der Waals surface area (Å²) in [6.07, 6.45) is -0.0842. The summed E-state index contributed by atoms with van der Waals surface area (Å²) in [6, 6.07) is 2.29. The first-order chi connectivity index (χ1) is 7.41. The van der Waals surface area contributed by atoms with Crippen LogP contribution in [0.25, 0.3) is 0 Å². The number of aliphatic carboxylic acids is 1. The van der Waals surface area contributed by atoms with Gasteiger partial charge in [0.05, 0.1) is 11.0 Å². The normalized spacial score (nSPS) is 11.4. The molecule has 0 aliphatic heterocycles. The Morgan fingerprint density at radius 2 is 2.12 bits per heavy atom. The molecule has 8 heteroatoms. The molecule has 0 amide bonds. The topological polar surface area (TPSA) is 127 Å². The Hall–Kier alpha value is -1.86. The van der Waals surface area contributed by atoms with Gasteiger partial charge in [-0.3, -0.25) is 14.9 Å². The number of halogens is 1. The van der Waals surface area contributed by atoms with Gasteiger partial charge >= 0.3 is 5.97 Å². The van der Waals surface area contributed by atoms with Gasteiger partial charge in [-0.2, -0.15) is 0 Å². The molecular formula is C9H11ClN2O5. The van der Waals surface area contributed by atoms with Crippen LogP contribution in [0.2, 0.25) is 0 Å². The standard InChI is InChI=1S/C9H10N2O5.ClH/c10-7(9(13)14)3-5-1-2-6(11(15)16)4-8(5)12;/h1-2,4,7,12H,3,10H2,(H,13,14);1H. The SMILES string of the molecule is Cl.NC(Cc1ccc([N+](=O)[O-])cc1O)C(=O)O. The van der Waals surface area contributed by atoms with Gasteiger partial charge in [0.2, 0.25) is 0 Å². The van der Waals surface area contributed by atoms with E-state index in [9.17, 15) is 20.0 Å². The number of carboxylic acids is 1. The largest absolute Gasteiger partial charge is 0.507 e. The zero-order chi connectivity index (χ0) is 12.3. The van der Waals surface area contributed by atoms with Crippen molar-refractivity contribution in [1.82, 2.24) is 0 Å². The number of phenolic OH excluding ortho intramolecular Hbond substituents is 1. The third-order valence-electron chi connectivity index (χ3n) is 2.04. The summed E-state index contributed by atoms with van der Waals surface area (Å²) in [5.74, 6) is -1.52. The minimum atomic E-state index is -1.20. The molecule has 1 aromatic rings. The number of hydrogen-bond acceptors (Lipinski definition) is 5. The number of hydrogen-bond donors (Lipinski definition) is 3. The Kier molecular flexibility index (Phi) is 5.36. The molecule has 0 aliphatic carbocycles. The lowest BCUT2D eigenvalue weighted by molar-refractivity contribution is -0.384. The quantitative estimate of drug-likeness (QED) is 0.541. The number of nitrogens with zero attached hydrogens (tertiary/aromatic N) is 1. The number of phenols is 1. The number of carbonyl (C=O) groups is 1. The molecule has 0 saturated heterocycles.